The lowest BCUT2D eigenvalue weighted by molar-refractivity contribution is 0.0682. The molecule has 0 bridgehead atoms. The SMILES string of the molecule is C\N=C(/C=C(C)/N=C(\C(C)=C(C)C)N1CC[C@H](C)C1)C1CCCCN1C(=O)c1cc(Cl)ccc1NC. The molecule has 1 unspecified atom stereocenters. The molecule has 0 aromatic heterocycles. The lowest BCUT2D eigenvalue weighted by Crippen LogP contribution is -2.47. The molecule has 1 amide bonds. The molecule has 196 valence electrons. The number of amides is 1. The van der Waals surface area contributed by atoms with Crippen LogP contribution in [0.5, 0.6) is 0 Å². The maximum Gasteiger partial charge on any atom is 0.256 e. The topological polar surface area (TPSA) is 60.3 Å². The Kier molecular flexibility index (Phi) is 9.77. The van der Waals surface area contributed by atoms with Gasteiger partial charge in [-0.05, 0) is 89.1 Å². The van der Waals surface area contributed by atoms with Crippen LogP contribution in [-0.2, 0) is 0 Å². The van der Waals surface area contributed by atoms with E-state index < -0.39 is 0 Å². The number of anilines is 1. The minimum absolute atomic E-state index is 0.0191. The van der Waals surface area contributed by atoms with E-state index in [1.807, 2.05) is 32.0 Å². The number of halogens is 1. The molecule has 2 fully saturated rings. The molecule has 3 rings (SSSR count). The van der Waals surface area contributed by atoms with Gasteiger partial charge in [-0.1, -0.05) is 24.1 Å². The Hall–Kier alpha value is -2.60. The summed E-state index contributed by atoms with van der Waals surface area (Å²) in [5, 5.41) is 3.68. The van der Waals surface area contributed by atoms with Crippen LogP contribution in [0.3, 0.4) is 0 Å². The fraction of sp³-hybridized carbons (Fsp3) is 0.552. The molecule has 0 aliphatic carbocycles. The largest absolute Gasteiger partial charge is 0.387 e. The van der Waals surface area contributed by atoms with Crippen LogP contribution in [0.1, 0.15) is 70.7 Å². The van der Waals surface area contributed by atoms with Crippen LogP contribution in [0.15, 0.2) is 51.1 Å². The van der Waals surface area contributed by atoms with Gasteiger partial charge in [0.05, 0.1) is 17.3 Å². The second-order valence-corrected chi connectivity index (χ2v) is 10.7. The fourth-order valence-electron chi connectivity index (χ4n) is 5.01. The zero-order chi connectivity index (χ0) is 26.4. The van der Waals surface area contributed by atoms with E-state index in [-0.39, 0.29) is 11.9 Å². The zero-order valence-electron chi connectivity index (χ0n) is 23.0. The van der Waals surface area contributed by atoms with Crippen LogP contribution in [0.2, 0.25) is 5.02 Å². The quantitative estimate of drug-likeness (QED) is 0.352. The number of nitrogens with zero attached hydrogens (tertiary/aromatic N) is 4. The molecule has 1 N–H and O–H groups in total. The van der Waals surface area contributed by atoms with Crippen molar-refractivity contribution in [2.45, 2.75) is 66.3 Å². The number of likely N-dealkylation sites (tertiary alicyclic amines) is 2. The number of piperidine rings is 1. The number of hydrogen-bond donors (Lipinski definition) is 1. The highest BCUT2D eigenvalue weighted by molar-refractivity contribution is 6.31. The van der Waals surface area contributed by atoms with Gasteiger partial charge < -0.3 is 15.1 Å². The second-order valence-electron chi connectivity index (χ2n) is 10.3. The van der Waals surface area contributed by atoms with E-state index in [1.165, 1.54) is 17.6 Å². The molecule has 0 radical (unpaired) electrons. The molecule has 6 nitrogen and oxygen atoms in total. The number of amidine groups is 1. The Labute approximate surface area is 222 Å². The van der Waals surface area contributed by atoms with Crippen molar-refractivity contribution in [3.63, 3.8) is 0 Å². The predicted octanol–water partition coefficient (Wildman–Crippen LogP) is 6.45. The van der Waals surface area contributed by atoms with Gasteiger partial charge in [0.25, 0.3) is 5.91 Å². The molecule has 2 atom stereocenters. The van der Waals surface area contributed by atoms with Gasteiger partial charge in [0, 0.05) is 50.1 Å². The van der Waals surface area contributed by atoms with E-state index in [0.29, 0.717) is 23.0 Å². The van der Waals surface area contributed by atoms with Gasteiger partial charge in [0.2, 0.25) is 0 Å². The Morgan fingerprint density at radius 3 is 2.50 bits per heavy atom. The Morgan fingerprint density at radius 2 is 1.89 bits per heavy atom. The van der Waals surface area contributed by atoms with Crippen molar-refractivity contribution >= 4 is 34.7 Å². The number of benzene rings is 1. The number of nitrogens with one attached hydrogen (secondary N) is 1. The minimum Gasteiger partial charge on any atom is -0.387 e. The summed E-state index contributed by atoms with van der Waals surface area (Å²) < 4.78 is 0. The van der Waals surface area contributed by atoms with Crippen molar-refractivity contribution in [3.05, 3.63) is 51.7 Å². The van der Waals surface area contributed by atoms with E-state index in [2.05, 4.69) is 49.0 Å². The second kappa shape index (κ2) is 12.6. The number of aliphatic imine (C=N–C) groups is 2. The third-order valence-electron chi connectivity index (χ3n) is 7.29. The van der Waals surface area contributed by atoms with Crippen molar-refractivity contribution in [2.24, 2.45) is 15.9 Å². The van der Waals surface area contributed by atoms with Crippen LogP contribution in [-0.4, -0.2) is 67.0 Å². The average molecular weight is 512 g/mol. The predicted molar refractivity (Wildman–Crippen MR) is 154 cm³/mol. The highest BCUT2D eigenvalue weighted by Crippen LogP contribution is 2.27. The molecule has 7 heteroatoms. The molecule has 0 spiro atoms. The summed E-state index contributed by atoms with van der Waals surface area (Å²) in [6.07, 6.45) is 6.17. The van der Waals surface area contributed by atoms with Gasteiger partial charge in [-0.25, -0.2) is 4.99 Å². The Balaban J connectivity index is 1.94. The number of hydrogen-bond acceptors (Lipinski definition) is 4. The van der Waals surface area contributed by atoms with Crippen molar-refractivity contribution in [1.82, 2.24) is 9.80 Å². The summed E-state index contributed by atoms with van der Waals surface area (Å²) in [5.41, 5.74) is 5.67. The number of allylic oxidation sites excluding steroid dienone is 2. The van der Waals surface area contributed by atoms with Crippen LogP contribution in [0.25, 0.3) is 0 Å². The van der Waals surface area contributed by atoms with Crippen molar-refractivity contribution in [3.8, 4) is 0 Å². The van der Waals surface area contributed by atoms with E-state index in [0.717, 1.165) is 55.3 Å². The zero-order valence-corrected chi connectivity index (χ0v) is 23.7. The van der Waals surface area contributed by atoms with Gasteiger partial charge in [0.1, 0.15) is 5.84 Å². The van der Waals surface area contributed by atoms with Crippen LogP contribution >= 0.6 is 11.6 Å². The minimum atomic E-state index is -0.0927. The molecule has 2 aliphatic rings. The average Bonchev–Trinajstić information content (AvgIpc) is 3.30. The molecule has 0 saturated carbocycles. The molecule has 2 saturated heterocycles. The third-order valence-corrected chi connectivity index (χ3v) is 7.53. The van der Waals surface area contributed by atoms with E-state index in [4.69, 9.17) is 16.6 Å². The summed E-state index contributed by atoms with van der Waals surface area (Å²) in [6, 6.07) is 5.31. The summed E-state index contributed by atoms with van der Waals surface area (Å²) in [6.45, 7) is 13.5. The van der Waals surface area contributed by atoms with Crippen LogP contribution in [0.4, 0.5) is 5.69 Å². The van der Waals surface area contributed by atoms with Gasteiger partial charge in [0.15, 0.2) is 0 Å². The summed E-state index contributed by atoms with van der Waals surface area (Å²) in [5.74, 6) is 1.71. The smallest absolute Gasteiger partial charge is 0.256 e. The van der Waals surface area contributed by atoms with Crippen molar-refractivity contribution < 1.29 is 4.79 Å². The molecule has 36 heavy (non-hydrogen) atoms. The molecular weight excluding hydrogens is 470 g/mol. The molecular formula is C29H42ClN5O. The monoisotopic (exact) mass is 511 g/mol. The Bertz CT molecular complexity index is 1080. The highest BCUT2D eigenvalue weighted by atomic mass is 35.5. The first kappa shape index (κ1) is 28.0. The number of rotatable bonds is 6. The summed E-state index contributed by atoms with van der Waals surface area (Å²) in [4.78, 5) is 27.8. The van der Waals surface area contributed by atoms with Gasteiger partial charge >= 0.3 is 0 Å². The van der Waals surface area contributed by atoms with E-state index in [9.17, 15) is 4.79 Å². The van der Waals surface area contributed by atoms with Crippen LogP contribution in [0, 0.1) is 5.92 Å². The maximum atomic E-state index is 13.7. The molecule has 1 aromatic rings. The number of carbonyl (C=O) groups excluding carboxylic acids is 1. The summed E-state index contributed by atoms with van der Waals surface area (Å²) >= 11 is 6.26. The molecule has 2 heterocycles. The summed E-state index contributed by atoms with van der Waals surface area (Å²) in [7, 11) is 3.63. The normalized spacial score (nSPS) is 21.6. The van der Waals surface area contributed by atoms with Gasteiger partial charge in [-0.15, -0.1) is 0 Å². The third kappa shape index (κ3) is 6.58. The van der Waals surface area contributed by atoms with Crippen molar-refractivity contribution in [1.29, 1.82) is 0 Å². The molecule has 1 aromatic carbocycles. The lowest BCUT2D eigenvalue weighted by atomic mass is 9.95. The van der Waals surface area contributed by atoms with Crippen LogP contribution < -0.4 is 5.32 Å². The van der Waals surface area contributed by atoms with Gasteiger partial charge in [-0.3, -0.25) is 9.79 Å². The number of carbonyl (C=O) groups is 1. The van der Waals surface area contributed by atoms with E-state index >= 15 is 0 Å². The van der Waals surface area contributed by atoms with Gasteiger partial charge in [-0.2, -0.15) is 0 Å². The first-order valence-corrected chi connectivity index (χ1v) is 13.4. The molecule has 2 aliphatic heterocycles. The first-order chi connectivity index (χ1) is 17.2. The van der Waals surface area contributed by atoms with E-state index in [1.54, 1.807) is 12.1 Å². The maximum absolute atomic E-state index is 13.7. The first-order valence-electron chi connectivity index (χ1n) is 13.1. The standard InChI is InChI=1S/C29H42ClN5O/c1-19(2)22(5)28(34-15-13-20(3)18-34)33-21(4)16-26(32-7)27-10-8-9-14-35(27)29(36)24-17-23(30)11-12-25(24)31-6/h11-12,16-17,20,27,31H,8-10,13-15,18H2,1-7H3/b21-16+,32-26+,33-28+/t20-,27?/m0/s1. The van der Waals surface area contributed by atoms with Crippen molar-refractivity contribution in [2.75, 3.05) is 39.0 Å². The Morgan fingerprint density at radius 1 is 1.14 bits per heavy atom. The lowest BCUT2D eigenvalue weighted by Gasteiger charge is -2.36. The fourth-order valence-corrected chi connectivity index (χ4v) is 5.19. The highest BCUT2D eigenvalue weighted by Gasteiger charge is 2.31.